The largest absolute Gasteiger partial charge is 0.342 e. The number of hydrogen-bond donors (Lipinski definition) is 2. The molecule has 0 aliphatic carbocycles. The number of rotatable bonds is 4. The maximum Gasteiger partial charge on any atom is 0.224 e. The Morgan fingerprint density at radius 2 is 1.90 bits per heavy atom. The van der Waals surface area contributed by atoms with E-state index in [2.05, 4.69) is 15.3 Å². The summed E-state index contributed by atoms with van der Waals surface area (Å²) in [5.41, 5.74) is 3.95. The molecule has 0 bridgehead atoms. The van der Waals surface area contributed by atoms with Gasteiger partial charge in [0, 0.05) is 18.5 Å². The maximum atomic E-state index is 11.9. The van der Waals surface area contributed by atoms with Gasteiger partial charge >= 0.3 is 0 Å². The van der Waals surface area contributed by atoms with Gasteiger partial charge in [-0.3, -0.25) is 4.79 Å². The molecule has 106 valence electrons. The zero-order chi connectivity index (χ0) is 14.7. The van der Waals surface area contributed by atoms with E-state index in [0.717, 1.165) is 22.5 Å². The third-order valence-corrected chi connectivity index (χ3v) is 3.36. The van der Waals surface area contributed by atoms with E-state index in [1.54, 1.807) is 0 Å². The van der Waals surface area contributed by atoms with Crippen LogP contribution < -0.4 is 5.32 Å². The van der Waals surface area contributed by atoms with Gasteiger partial charge in [0.15, 0.2) is 0 Å². The van der Waals surface area contributed by atoms with Gasteiger partial charge in [0.25, 0.3) is 0 Å². The van der Waals surface area contributed by atoms with Gasteiger partial charge < -0.3 is 10.3 Å². The Morgan fingerprint density at radius 1 is 1.14 bits per heavy atom. The van der Waals surface area contributed by atoms with E-state index in [4.69, 9.17) is 0 Å². The molecule has 0 spiro atoms. The highest BCUT2D eigenvalue weighted by molar-refractivity contribution is 5.90. The summed E-state index contributed by atoms with van der Waals surface area (Å²) in [5.74, 6) is 0.842. The lowest BCUT2D eigenvalue weighted by molar-refractivity contribution is -0.116. The van der Waals surface area contributed by atoms with Crippen molar-refractivity contribution in [2.75, 3.05) is 5.32 Å². The number of nitrogens with zero attached hydrogens (tertiary/aromatic N) is 1. The third kappa shape index (κ3) is 3.28. The molecule has 2 N–H and O–H groups in total. The monoisotopic (exact) mass is 279 g/mol. The van der Waals surface area contributed by atoms with Crippen LogP contribution in [-0.4, -0.2) is 15.9 Å². The van der Waals surface area contributed by atoms with Gasteiger partial charge in [-0.25, -0.2) is 4.98 Å². The molecule has 0 aliphatic heterocycles. The van der Waals surface area contributed by atoms with Crippen molar-refractivity contribution in [3.05, 3.63) is 59.9 Å². The van der Waals surface area contributed by atoms with Gasteiger partial charge in [0.05, 0.1) is 11.0 Å². The van der Waals surface area contributed by atoms with Crippen LogP contribution in [0.5, 0.6) is 0 Å². The number of hydrogen-bond acceptors (Lipinski definition) is 2. The van der Waals surface area contributed by atoms with E-state index in [1.165, 1.54) is 5.56 Å². The normalized spacial score (nSPS) is 10.7. The third-order valence-electron chi connectivity index (χ3n) is 3.36. The number of aryl methyl sites for hydroxylation is 2. The van der Waals surface area contributed by atoms with Crippen molar-refractivity contribution in [1.82, 2.24) is 9.97 Å². The summed E-state index contributed by atoms with van der Waals surface area (Å²) in [4.78, 5) is 19.6. The molecule has 1 heterocycles. The van der Waals surface area contributed by atoms with Crippen LogP contribution in [0.2, 0.25) is 0 Å². The first-order valence-electron chi connectivity index (χ1n) is 7.01. The zero-order valence-electron chi connectivity index (χ0n) is 11.9. The average molecular weight is 279 g/mol. The molecule has 0 atom stereocenters. The number of para-hydroxylation sites is 2. The number of aromatic nitrogens is 2. The zero-order valence-corrected chi connectivity index (χ0v) is 11.9. The number of amides is 1. The van der Waals surface area contributed by atoms with Crippen molar-refractivity contribution >= 4 is 22.6 Å². The molecule has 1 amide bonds. The second-order valence-corrected chi connectivity index (χ2v) is 5.11. The molecule has 4 heteroatoms. The van der Waals surface area contributed by atoms with Gasteiger partial charge in [-0.2, -0.15) is 0 Å². The van der Waals surface area contributed by atoms with Crippen LogP contribution in [0.1, 0.15) is 17.8 Å². The lowest BCUT2D eigenvalue weighted by Crippen LogP contribution is -2.12. The summed E-state index contributed by atoms with van der Waals surface area (Å²) in [7, 11) is 0. The summed E-state index contributed by atoms with van der Waals surface area (Å²) in [6, 6.07) is 15.7. The summed E-state index contributed by atoms with van der Waals surface area (Å²) >= 11 is 0. The van der Waals surface area contributed by atoms with Gasteiger partial charge in [-0.15, -0.1) is 0 Å². The highest BCUT2D eigenvalue weighted by Gasteiger charge is 2.06. The summed E-state index contributed by atoms with van der Waals surface area (Å²) in [6.45, 7) is 2.02. The number of H-pyrrole nitrogens is 1. The summed E-state index contributed by atoms with van der Waals surface area (Å²) < 4.78 is 0. The average Bonchev–Trinajstić information content (AvgIpc) is 2.90. The van der Waals surface area contributed by atoms with E-state index in [9.17, 15) is 4.79 Å². The van der Waals surface area contributed by atoms with E-state index >= 15 is 0 Å². The fourth-order valence-electron chi connectivity index (χ4n) is 2.22. The van der Waals surface area contributed by atoms with Crippen molar-refractivity contribution in [3.63, 3.8) is 0 Å². The Labute approximate surface area is 123 Å². The minimum Gasteiger partial charge on any atom is -0.342 e. The number of carbonyl (C=O) groups excluding carboxylic acids is 1. The van der Waals surface area contributed by atoms with Crippen LogP contribution in [0.15, 0.2) is 48.5 Å². The molecule has 0 radical (unpaired) electrons. The highest BCUT2D eigenvalue weighted by atomic mass is 16.1. The molecular weight excluding hydrogens is 262 g/mol. The Morgan fingerprint density at radius 3 is 2.67 bits per heavy atom. The minimum atomic E-state index is -0.000640. The van der Waals surface area contributed by atoms with Crippen LogP contribution in [0, 0.1) is 6.92 Å². The van der Waals surface area contributed by atoms with E-state index < -0.39 is 0 Å². The highest BCUT2D eigenvalue weighted by Crippen LogP contribution is 2.12. The first-order valence-corrected chi connectivity index (χ1v) is 7.01. The van der Waals surface area contributed by atoms with E-state index in [0.29, 0.717) is 12.8 Å². The summed E-state index contributed by atoms with van der Waals surface area (Å²) in [6.07, 6.45) is 1.01. The number of anilines is 1. The Bertz CT molecular complexity index is 726. The quantitative estimate of drug-likeness (QED) is 0.768. The van der Waals surface area contributed by atoms with Crippen LogP contribution in [0.25, 0.3) is 11.0 Å². The number of benzene rings is 2. The Kier molecular flexibility index (Phi) is 3.69. The fourth-order valence-corrected chi connectivity index (χ4v) is 2.22. The Balaban J connectivity index is 1.59. The van der Waals surface area contributed by atoms with E-state index in [-0.39, 0.29) is 5.91 Å². The minimum absolute atomic E-state index is 0.000640. The second-order valence-electron chi connectivity index (χ2n) is 5.11. The molecule has 3 aromatic rings. The van der Waals surface area contributed by atoms with E-state index in [1.807, 2.05) is 55.5 Å². The molecule has 3 rings (SSSR count). The molecule has 4 nitrogen and oxygen atoms in total. The number of aromatic amines is 1. The van der Waals surface area contributed by atoms with Gasteiger partial charge in [0.1, 0.15) is 5.82 Å². The number of nitrogens with one attached hydrogen (secondary N) is 2. The van der Waals surface area contributed by atoms with Crippen molar-refractivity contribution < 1.29 is 4.79 Å². The summed E-state index contributed by atoms with van der Waals surface area (Å²) in [5, 5.41) is 2.89. The molecule has 0 saturated heterocycles. The molecule has 2 aromatic carbocycles. The first-order chi connectivity index (χ1) is 10.2. The van der Waals surface area contributed by atoms with Crippen LogP contribution >= 0.6 is 0 Å². The van der Waals surface area contributed by atoms with Gasteiger partial charge in [0.2, 0.25) is 5.91 Å². The number of fused-ring (bicyclic) bond motifs is 1. The standard InChI is InChI=1S/C17H17N3O/c1-12-6-8-13(9-7-12)18-17(21)11-10-16-19-14-4-2-3-5-15(14)20-16/h2-9H,10-11H2,1H3,(H,18,21)(H,19,20). The maximum absolute atomic E-state index is 11.9. The van der Waals surface area contributed by atoms with Gasteiger partial charge in [-0.1, -0.05) is 29.8 Å². The Hall–Kier alpha value is -2.62. The topological polar surface area (TPSA) is 57.8 Å². The first kappa shape index (κ1) is 13.4. The predicted octanol–water partition coefficient (Wildman–Crippen LogP) is 3.44. The lowest BCUT2D eigenvalue weighted by Gasteiger charge is -2.04. The van der Waals surface area contributed by atoms with Gasteiger partial charge in [-0.05, 0) is 31.2 Å². The van der Waals surface area contributed by atoms with Crippen molar-refractivity contribution in [3.8, 4) is 0 Å². The SMILES string of the molecule is Cc1ccc(NC(=O)CCc2nc3ccccc3[nH]2)cc1. The smallest absolute Gasteiger partial charge is 0.224 e. The second kappa shape index (κ2) is 5.79. The molecule has 1 aromatic heterocycles. The molecule has 0 unspecified atom stereocenters. The molecule has 0 saturated carbocycles. The lowest BCUT2D eigenvalue weighted by atomic mass is 10.2. The predicted molar refractivity (Wildman–Crippen MR) is 84.2 cm³/mol. The van der Waals surface area contributed by atoms with Crippen molar-refractivity contribution in [2.24, 2.45) is 0 Å². The van der Waals surface area contributed by atoms with Crippen LogP contribution in [0.4, 0.5) is 5.69 Å². The molecule has 0 fully saturated rings. The fraction of sp³-hybridized carbons (Fsp3) is 0.176. The number of imidazole rings is 1. The van der Waals surface area contributed by atoms with Crippen molar-refractivity contribution in [1.29, 1.82) is 0 Å². The molecule has 0 aliphatic rings. The molecular formula is C17H17N3O. The van der Waals surface area contributed by atoms with Crippen molar-refractivity contribution in [2.45, 2.75) is 19.8 Å². The molecule has 21 heavy (non-hydrogen) atoms. The number of carbonyl (C=O) groups is 1. The van der Waals surface area contributed by atoms with Crippen LogP contribution in [0.3, 0.4) is 0 Å². The van der Waals surface area contributed by atoms with Crippen LogP contribution in [-0.2, 0) is 11.2 Å².